The van der Waals surface area contributed by atoms with Gasteiger partial charge in [0.05, 0.1) is 0 Å². The van der Waals surface area contributed by atoms with Crippen LogP contribution in [-0.4, -0.2) is 16.4 Å². The van der Waals surface area contributed by atoms with Gasteiger partial charge in [0.2, 0.25) is 0 Å². The van der Waals surface area contributed by atoms with E-state index in [0.29, 0.717) is 11.5 Å². The fourth-order valence-corrected chi connectivity index (χ4v) is 4.03. The van der Waals surface area contributed by atoms with Crippen molar-refractivity contribution in [1.82, 2.24) is 0 Å². The van der Waals surface area contributed by atoms with Crippen LogP contribution in [0.4, 0.5) is 0 Å². The first-order chi connectivity index (χ1) is 8.24. The van der Waals surface area contributed by atoms with E-state index in [9.17, 15) is 10.2 Å². The maximum atomic E-state index is 9.90. The van der Waals surface area contributed by atoms with Crippen LogP contribution < -0.4 is 10.6 Å². The quantitative estimate of drug-likeness (QED) is 0.817. The molecule has 88 valence electrons. The Morgan fingerprint density at radius 3 is 1.59 bits per heavy atom. The van der Waals surface area contributed by atoms with Crippen LogP contribution in [0, 0.1) is 0 Å². The minimum Gasteiger partial charge on any atom is -0.507 e. The minimum absolute atomic E-state index is 0.309. The minimum atomic E-state index is -0.690. The van der Waals surface area contributed by atoms with Gasteiger partial charge >= 0.3 is 0 Å². The van der Waals surface area contributed by atoms with E-state index < -0.39 is 7.92 Å². The van der Waals surface area contributed by atoms with Crippen LogP contribution in [0.25, 0.3) is 0 Å². The average Bonchev–Trinajstić information content (AvgIpc) is 2.34. The SMILES string of the molecule is CCP(c1ccccc1O)c1ccccc1O. The molecule has 0 saturated heterocycles. The monoisotopic (exact) mass is 246 g/mol. The molecule has 2 N–H and O–H groups in total. The molecule has 2 rings (SSSR count). The largest absolute Gasteiger partial charge is 0.507 e. The zero-order valence-electron chi connectivity index (χ0n) is 9.67. The van der Waals surface area contributed by atoms with Crippen molar-refractivity contribution < 1.29 is 10.2 Å². The normalized spacial score (nSPS) is 10.7. The molecule has 2 nitrogen and oxygen atoms in total. The molecule has 0 spiro atoms. The molecule has 0 unspecified atom stereocenters. The summed E-state index contributed by atoms with van der Waals surface area (Å²) >= 11 is 0. The van der Waals surface area contributed by atoms with Crippen molar-refractivity contribution in [2.24, 2.45) is 0 Å². The van der Waals surface area contributed by atoms with Gasteiger partial charge in [0.15, 0.2) is 0 Å². The van der Waals surface area contributed by atoms with Crippen LogP contribution in [-0.2, 0) is 0 Å². The summed E-state index contributed by atoms with van der Waals surface area (Å²) in [6.45, 7) is 2.07. The van der Waals surface area contributed by atoms with Gasteiger partial charge in [0.1, 0.15) is 11.5 Å². The second-order valence-corrected chi connectivity index (χ2v) is 6.17. The summed E-state index contributed by atoms with van der Waals surface area (Å²) < 4.78 is 0. The third-order valence-electron chi connectivity index (χ3n) is 2.66. The number of rotatable bonds is 3. The van der Waals surface area contributed by atoms with Crippen LogP contribution in [0.3, 0.4) is 0 Å². The fourth-order valence-electron chi connectivity index (χ4n) is 1.86. The van der Waals surface area contributed by atoms with Gasteiger partial charge in [-0.1, -0.05) is 43.3 Å². The van der Waals surface area contributed by atoms with E-state index in [0.717, 1.165) is 16.8 Å². The number of phenolic OH excluding ortho intramolecular Hbond substituents is 2. The van der Waals surface area contributed by atoms with Gasteiger partial charge in [-0.3, -0.25) is 0 Å². The molecular formula is C14H15O2P. The highest BCUT2D eigenvalue weighted by Crippen LogP contribution is 2.38. The predicted molar refractivity (Wildman–Crippen MR) is 72.9 cm³/mol. The average molecular weight is 246 g/mol. The first-order valence-corrected chi connectivity index (χ1v) is 7.10. The van der Waals surface area contributed by atoms with Crippen molar-refractivity contribution in [3.05, 3.63) is 48.5 Å². The number of phenols is 2. The lowest BCUT2D eigenvalue weighted by molar-refractivity contribution is 0.479. The van der Waals surface area contributed by atoms with E-state index in [-0.39, 0.29) is 0 Å². The zero-order valence-corrected chi connectivity index (χ0v) is 10.6. The Bertz CT molecular complexity index is 466. The molecule has 0 bridgehead atoms. The number of hydrogen-bond donors (Lipinski definition) is 2. The van der Waals surface area contributed by atoms with Crippen LogP contribution in [0.5, 0.6) is 11.5 Å². The molecule has 0 aromatic heterocycles. The van der Waals surface area contributed by atoms with E-state index in [1.54, 1.807) is 12.1 Å². The molecule has 0 radical (unpaired) electrons. The Kier molecular flexibility index (Phi) is 3.65. The van der Waals surface area contributed by atoms with E-state index in [2.05, 4.69) is 6.92 Å². The molecule has 0 heterocycles. The Labute approximate surface area is 102 Å². The lowest BCUT2D eigenvalue weighted by Gasteiger charge is -2.18. The van der Waals surface area contributed by atoms with Gasteiger partial charge in [0, 0.05) is 10.6 Å². The van der Waals surface area contributed by atoms with Crippen molar-refractivity contribution in [3.63, 3.8) is 0 Å². The summed E-state index contributed by atoms with van der Waals surface area (Å²) in [7, 11) is -0.690. The molecule has 2 aromatic carbocycles. The molecule has 3 heteroatoms. The summed E-state index contributed by atoms with van der Waals surface area (Å²) in [6.07, 6.45) is 0.893. The lowest BCUT2D eigenvalue weighted by atomic mass is 10.3. The van der Waals surface area contributed by atoms with Gasteiger partial charge in [-0.05, 0) is 26.2 Å². The molecule has 0 aliphatic rings. The number of benzene rings is 2. The van der Waals surface area contributed by atoms with Crippen LogP contribution >= 0.6 is 7.92 Å². The number of aromatic hydroxyl groups is 2. The topological polar surface area (TPSA) is 40.5 Å². The van der Waals surface area contributed by atoms with Gasteiger partial charge in [0.25, 0.3) is 0 Å². The first kappa shape index (κ1) is 11.9. The second-order valence-electron chi connectivity index (χ2n) is 3.72. The smallest absolute Gasteiger partial charge is 0.123 e. The number of para-hydroxylation sites is 2. The molecule has 17 heavy (non-hydrogen) atoms. The van der Waals surface area contributed by atoms with Gasteiger partial charge < -0.3 is 10.2 Å². The molecule has 0 atom stereocenters. The maximum absolute atomic E-state index is 9.90. The summed E-state index contributed by atoms with van der Waals surface area (Å²) in [5, 5.41) is 21.6. The summed E-state index contributed by atoms with van der Waals surface area (Å²) in [4.78, 5) is 0. The Hall–Kier alpha value is -1.53. The fraction of sp³-hybridized carbons (Fsp3) is 0.143. The van der Waals surface area contributed by atoms with Gasteiger partial charge in [-0.15, -0.1) is 0 Å². The van der Waals surface area contributed by atoms with Crippen molar-refractivity contribution in [2.45, 2.75) is 6.92 Å². The second kappa shape index (κ2) is 5.20. The highest BCUT2D eigenvalue weighted by Gasteiger charge is 2.17. The predicted octanol–water partition coefficient (Wildman–Crippen LogP) is 2.55. The van der Waals surface area contributed by atoms with Crippen LogP contribution in [0.2, 0.25) is 0 Å². The molecule has 0 saturated carbocycles. The van der Waals surface area contributed by atoms with Gasteiger partial charge in [-0.2, -0.15) is 0 Å². The maximum Gasteiger partial charge on any atom is 0.123 e. The van der Waals surface area contributed by atoms with E-state index in [1.165, 1.54) is 0 Å². The van der Waals surface area contributed by atoms with Crippen molar-refractivity contribution in [2.75, 3.05) is 6.16 Å². The van der Waals surface area contributed by atoms with E-state index >= 15 is 0 Å². The third-order valence-corrected chi connectivity index (χ3v) is 5.21. The highest BCUT2D eigenvalue weighted by atomic mass is 31.1. The summed E-state index contributed by atoms with van der Waals surface area (Å²) in [6, 6.07) is 14.7. The number of hydrogen-bond acceptors (Lipinski definition) is 2. The van der Waals surface area contributed by atoms with Crippen molar-refractivity contribution in [3.8, 4) is 11.5 Å². The lowest BCUT2D eigenvalue weighted by Crippen LogP contribution is -2.13. The molecule has 2 aromatic rings. The molecular weight excluding hydrogens is 231 g/mol. The Balaban J connectivity index is 2.48. The van der Waals surface area contributed by atoms with Crippen molar-refractivity contribution >= 4 is 18.5 Å². The molecule has 0 fully saturated rings. The Morgan fingerprint density at radius 1 is 0.824 bits per heavy atom. The van der Waals surface area contributed by atoms with Crippen molar-refractivity contribution in [1.29, 1.82) is 0 Å². The van der Waals surface area contributed by atoms with Crippen LogP contribution in [0.1, 0.15) is 6.92 Å². The summed E-state index contributed by atoms with van der Waals surface area (Å²) in [5.41, 5.74) is 0. The molecule has 0 aliphatic heterocycles. The summed E-state index contributed by atoms with van der Waals surface area (Å²) in [5.74, 6) is 0.618. The third kappa shape index (κ3) is 2.42. The highest BCUT2D eigenvalue weighted by molar-refractivity contribution is 7.73. The Morgan fingerprint density at radius 2 is 1.24 bits per heavy atom. The van der Waals surface area contributed by atoms with E-state index in [1.807, 2.05) is 36.4 Å². The first-order valence-electron chi connectivity index (χ1n) is 5.57. The van der Waals surface area contributed by atoms with E-state index in [4.69, 9.17) is 0 Å². The molecule has 0 amide bonds. The molecule has 0 aliphatic carbocycles. The zero-order chi connectivity index (χ0) is 12.3. The van der Waals surface area contributed by atoms with Gasteiger partial charge in [-0.25, -0.2) is 0 Å². The standard InChI is InChI=1S/C14H15O2P/c1-2-17(13-9-5-3-7-11(13)15)14-10-6-4-8-12(14)16/h3-10,15-16H,2H2,1H3. The van der Waals surface area contributed by atoms with Crippen LogP contribution in [0.15, 0.2) is 48.5 Å².